The molecule has 32 heavy (non-hydrogen) atoms. The molecule has 1 N–H and O–H groups in total. The zero-order valence-electron chi connectivity index (χ0n) is 17.9. The molecule has 9 heteroatoms. The molecule has 166 valence electrons. The Bertz CT molecular complexity index is 1190. The van der Waals surface area contributed by atoms with Crippen LogP contribution in [0.2, 0.25) is 10.0 Å². The van der Waals surface area contributed by atoms with Crippen LogP contribution in [0.5, 0.6) is 5.75 Å². The van der Waals surface area contributed by atoms with E-state index in [9.17, 15) is 4.79 Å². The maximum atomic E-state index is 12.9. The van der Waals surface area contributed by atoms with E-state index in [4.69, 9.17) is 32.8 Å². The van der Waals surface area contributed by atoms with Gasteiger partial charge in [0.2, 0.25) is 6.10 Å². The van der Waals surface area contributed by atoms with Crippen molar-refractivity contribution in [1.29, 1.82) is 0 Å². The average molecular weight is 473 g/mol. The Balaban J connectivity index is 1.48. The fourth-order valence-corrected chi connectivity index (χ4v) is 4.15. The summed E-state index contributed by atoms with van der Waals surface area (Å²) >= 11 is 12.6. The summed E-state index contributed by atoms with van der Waals surface area (Å²) in [5.74, 6) is 0.391. The summed E-state index contributed by atoms with van der Waals surface area (Å²) in [4.78, 5) is 18.3. The largest absolute Gasteiger partial charge is 0.496 e. The number of para-hydroxylation sites is 1. The van der Waals surface area contributed by atoms with Gasteiger partial charge in [0.15, 0.2) is 0 Å². The number of oxime groups is 1. The van der Waals surface area contributed by atoms with Gasteiger partial charge in [-0.25, -0.2) is 0 Å². The highest BCUT2D eigenvalue weighted by Crippen LogP contribution is 2.29. The number of aryl methyl sites for hydroxylation is 1. The molecule has 3 aromatic rings. The molecule has 0 fully saturated rings. The van der Waals surface area contributed by atoms with Crippen molar-refractivity contribution in [2.24, 2.45) is 5.16 Å². The van der Waals surface area contributed by atoms with E-state index in [2.05, 4.69) is 15.6 Å². The van der Waals surface area contributed by atoms with E-state index >= 15 is 0 Å². The van der Waals surface area contributed by atoms with E-state index in [-0.39, 0.29) is 5.91 Å². The Morgan fingerprint density at radius 1 is 1.19 bits per heavy atom. The average Bonchev–Trinajstić information content (AvgIpc) is 3.37. The summed E-state index contributed by atoms with van der Waals surface area (Å²) in [7, 11) is 1.60. The van der Waals surface area contributed by atoms with Gasteiger partial charge in [-0.3, -0.25) is 9.48 Å². The summed E-state index contributed by atoms with van der Waals surface area (Å²) < 4.78 is 7.15. The first-order valence-electron chi connectivity index (χ1n) is 10.0. The van der Waals surface area contributed by atoms with E-state index in [1.165, 1.54) is 0 Å². The second kappa shape index (κ2) is 9.22. The minimum absolute atomic E-state index is 0.292. The number of carbonyl (C=O) groups excluding carboxylic acids is 1. The van der Waals surface area contributed by atoms with E-state index in [1.54, 1.807) is 30.0 Å². The highest BCUT2D eigenvalue weighted by atomic mass is 35.5. The fraction of sp³-hybridized carbons (Fsp3) is 0.261. The van der Waals surface area contributed by atoms with Crippen molar-refractivity contribution < 1.29 is 14.4 Å². The predicted molar refractivity (Wildman–Crippen MR) is 125 cm³/mol. The lowest BCUT2D eigenvalue weighted by molar-refractivity contribution is -0.125. The molecular formula is C23H22Cl2N4O3. The van der Waals surface area contributed by atoms with E-state index in [0.717, 1.165) is 16.8 Å². The molecule has 1 amide bonds. The molecule has 0 spiro atoms. The highest BCUT2D eigenvalue weighted by Gasteiger charge is 2.31. The molecule has 0 saturated carbocycles. The Kier molecular flexibility index (Phi) is 6.39. The Morgan fingerprint density at radius 2 is 1.91 bits per heavy atom. The molecule has 1 aromatic heterocycles. The van der Waals surface area contributed by atoms with Gasteiger partial charge in [0.25, 0.3) is 5.91 Å². The van der Waals surface area contributed by atoms with Crippen molar-refractivity contribution in [1.82, 2.24) is 9.78 Å². The van der Waals surface area contributed by atoms with Crippen molar-refractivity contribution >= 4 is 40.5 Å². The van der Waals surface area contributed by atoms with Crippen molar-refractivity contribution in [2.45, 2.75) is 32.9 Å². The fourth-order valence-electron chi connectivity index (χ4n) is 3.63. The number of ether oxygens (including phenoxy) is 1. The molecule has 1 aliphatic heterocycles. The highest BCUT2D eigenvalue weighted by molar-refractivity contribution is 6.36. The summed E-state index contributed by atoms with van der Waals surface area (Å²) in [5.41, 5.74) is 4.35. The molecule has 2 heterocycles. The van der Waals surface area contributed by atoms with Crippen LogP contribution < -0.4 is 10.1 Å². The van der Waals surface area contributed by atoms with Crippen LogP contribution in [-0.2, 0) is 16.2 Å². The van der Waals surface area contributed by atoms with Crippen LogP contribution in [-0.4, -0.2) is 34.6 Å². The maximum Gasteiger partial charge on any atom is 0.268 e. The lowest BCUT2D eigenvalue weighted by Crippen LogP contribution is -2.28. The normalized spacial score (nSPS) is 15.3. The van der Waals surface area contributed by atoms with Gasteiger partial charge in [-0.1, -0.05) is 46.6 Å². The third-order valence-corrected chi connectivity index (χ3v) is 6.09. The number of carbonyl (C=O) groups is 1. The molecule has 7 nitrogen and oxygen atoms in total. The van der Waals surface area contributed by atoms with Crippen molar-refractivity contribution in [3.63, 3.8) is 0 Å². The maximum absolute atomic E-state index is 12.9. The van der Waals surface area contributed by atoms with Gasteiger partial charge in [-0.05, 0) is 38.1 Å². The first kappa shape index (κ1) is 22.2. The molecular weight excluding hydrogens is 451 g/mol. The van der Waals surface area contributed by atoms with Crippen LogP contribution >= 0.6 is 23.2 Å². The van der Waals surface area contributed by atoms with Gasteiger partial charge in [0.1, 0.15) is 5.75 Å². The van der Waals surface area contributed by atoms with Gasteiger partial charge in [0, 0.05) is 27.6 Å². The first-order chi connectivity index (χ1) is 15.4. The van der Waals surface area contributed by atoms with Gasteiger partial charge in [-0.2, -0.15) is 5.10 Å². The second-order valence-corrected chi connectivity index (χ2v) is 8.24. The van der Waals surface area contributed by atoms with Gasteiger partial charge in [-0.15, -0.1) is 0 Å². The third kappa shape index (κ3) is 4.31. The van der Waals surface area contributed by atoms with Crippen LogP contribution in [0.25, 0.3) is 0 Å². The van der Waals surface area contributed by atoms with Crippen LogP contribution in [0.4, 0.5) is 5.69 Å². The minimum atomic E-state index is -0.741. The predicted octanol–water partition coefficient (Wildman–Crippen LogP) is 5.00. The Morgan fingerprint density at radius 3 is 2.62 bits per heavy atom. The lowest BCUT2D eigenvalue weighted by Gasteiger charge is -2.11. The first-order valence-corrected chi connectivity index (χ1v) is 10.8. The standard InChI is InChI=1S/C23H22Cl2N4O3/c1-13-22(14(2)29(27-13)12-16-17(24)8-6-9-18(16)25)26-23(30)21-11-19(28-32-21)15-7-4-5-10-20(15)31-3/h4-10,21H,11-12H2,1-3H3,(H,26,30). The number of methoxy groups -OCH3 is 1. The van der Waals surface area contributed by atoms with Gasteiger partial charge in [0.05, 0.1) is 36.4 Å². The van der Waals surface area contributed by atoms with E-state index in [1.807, 2.05) is 38.1 Å². The quantitative estimate of drug-likeness (QED) is 0.547. The van der Waals surface area contributed by atoms with Crippen LogP contribution in [0.15, 0.2) is 47.6 Å². The van der Waals surface area contributed by atoms with Crippen LogP contribution in [0.3, 0.4) is 0 Å². The third-order valence-electron chi connectivity index (χ3n) is 5.38. The molecule has 0 bridgehead atoms. The minimum Gasteiger partial charge on any atom is -0.496 e. The number of anilines is 1. The molecule has 0 aliphatic carbocycles. The van der Waals surface area contributed by atoms with E-state index in [0.29, 0.717) is 45.9 Å². The number of rotatable bonds is 6. The van der Waals surface area contributed by atoms with Crippen LogP contribution in [0, 0.1) is 13.8 Å². The summed E-state index contributed by atoms with van der Waals surface area (Å²) in [6.07, 6.45) is -0.400. The lowest BCUT2D eigenvalue weighted by atomic mass is 10.0. The number of hydrogen-bond donors (Lipinski definition) is 1. The molecule has 1 atom stereocenters. The molecule has 0 saturated heterocycles. The molecule has 4 rings (SSSR count). The zero-order valence-corrected chi connectivity index (χ0v) is 19.4. The number of benzene rings is 2. The van der Waals surface area contributed by atoms with Crippen molar-refractivity contribution in [2.75, 3.05) is 12.4 Å². The SMILES string of the molecule is COc1ccccc1C1=NOC(C(=O)Nc2c(C)nn(Cc3c(Cl)cccc3Cl)c2C)C1. The summed E-state index contributed by atoms with van der Waals surface area (Å²) in [5, 5.41) is 12.7. The number of hydrogen-bond acceptors (Lipinski definition) is 5. The van der Waals surface area contributed by atoms with Crippen molar-refractivity contribution in [3.05, 3.63) is 75.0 Å². The second-order valence-electron chi connectivity index (χ2n) is 7.43. The summed E-state index contributed by atoms with van der Waals surface area (Å²) in [6, 6.07) is 12.9. The number of nitrogens with one attached hydrogen (secondary N) is 1. The number of nitrogens with zero attached hydrogens (tertiary/aromatic N) is 3. The topological polar surface area (TPSA) is 77.7 Å². The molecule has 1 unspecified atom stereocenters. The number of amides is 1. The smallest absolute Gasteiger partial charge is 0.268 e. The molecule has 0 radical (unpaired) electrons. The monoisotopic (exact) mass is 472 g/mol. The summed E-state index contributed by atoms with van der Waals surface area (Å²) in [6.45, 7) is 4.11. The van der Waals surface area contributed by atoms with Crippen molar-refractivity contribution in [3.8, 4) is 5.75 Å². The molecule has 1 aliphatic rings. The van der Waals surface area contributed by atoms with Gasteiger partial charge >= 0.3 is 0 Å². The Hall–Kier alpha value is -3.03. The van der Waals surface area contributed by atoms with Gasteiger partial charge < -0.3 is 14.9 Å². The van der Waals surface area contributed by atoms with E-state index < -0.39 is 6.10 Å². The number of aromatic nitrogens is 2. The molecule has 2 aromatic carbocycles. The zero-order chi connectivity index (χ0) is 22.8. The number of halogens is 2. The Labute approximate surface area is 195 Å². The van der Waals surface area contributed by atoms with Crippen LogP contribution in [0.1, 0.15) is 28.9 Å².